The number of benzene rings is 3. The highest BCUT2D eigenvalue weighted by Crippen LogP contribution is 2.51. The number of rotatable bonds is 16. The predicted molar refractivity (Wildman–Crippen MR) is 214 cm³/mol. The van der Waals surface area contributed by atoms with Crippen LogP contribution in [0, 0.1) is 11.6 Å². The number of phosphoric ester groups is 1. The van der Waals surface area contributed by atoms with Gasteiger partial charge in [0.1, 0.15) is 23.8 Å². The fraction of sp³-hybridized carbons (Fsp3) is 0.357. The molecule has 17 nitrogen and oxygen atoms in total. The van der Waals surface area contributed by atoms with E-state index in [-0.39, 0.29) is 43.5 Å². The van der Waals surface area contributed by atoms with E-state index in [1.165, 1.54) is 17.9 Å². The van der Waals surface area contributed by atoms with Crippen LogP contribution in [0.4, 0.5) is 13.6 Å². The number of aromatic nitrogens is 1. The first-order valence-corrected chi connectivity index (χ1v) is 21.0. The minimum atomic E-state index is -4.19. The van der Waals surface area contributed by atoms with E-state index in [0.29, 0.717) is 35.9 Å². The first-order chi connectivity index (χ1) is 29.9. The first kappa shape index (κ1) is 43.9. The van der Waals surface area contributed by atoms with Crippen LogP contribution in [0.2, 0.25) is 0 Å². The Morgan fingerprint density at radius 3 is 2.29 bits per heavy atom. The number of phosphoric acid groups is 1. The van der Waals surface area contributed by atoms with Crippen molar-refractivity contribution in [1.29, 1.82) is 0 Å². The van der Waals surface area contributed by atoms with E-state index in [1.54, 1.807) is 53.4 Å². The summed E-state index contributed by atoms with van der Waals surface area (Å²) in [6, 6.07) is 19.6. The highest BCUT2D eigenvalue weighted by Gasteiger charge is 2.55. The molecule has 3 aromatic carbocycles. The average molecular weight is 881 g/mol. The van der Waals surface area contributed by atoms with Crippen molar-refractivity contribution in [2.24, 2.45) is 5.16 Å². The van der Waals surface area contributed by atoms with E-state index in [1.807, 2.05) is 19.1 Å². The highest BCUT2D eigenvalue weighted by molar-refractivity contribution is 7.48. The molecule has 0 saturated carbocycles. The lowest BCUT2D eigenvalue weighted by Gasteiger charge is -2.42. The SMILES string of the molecule is COC1=NO[C@@]2(CC[C@H](C)N3C[C@H]2n2cc(C(=O)NCc4ccc(F)cc4F)c(=O)c(OCOC(=O)OCCOP(=O)(OCc4ccccc4)OCc4ccccc4)c2C3=O)C1. The normalized spacial score (nSPS) is 19.2. The molecule has 1 N–H and O–H groups in total. The topological polar surface area (TPSA) is 192 Å². The van der Waals surface area contributed by atoms with E-state index in [4.69, 9.17) is 37.4 Å². The summed E-state index contributed by atoms with van der Waals surface area (Å²) in [5, 5.41) is 6.57. The molecule has 2 amide bonds. The number of oxime groups is 1. The van der Waals surface area contributed by atoms with Gasteiger partial charge in [0.15, 0.2) is 11.3 Å². The lowest BCUT2D eigenvalue weighted by atomic mass is 9.85. The third-order valence-corrected chi connectivity index (χ3v) is 12.0. The minimum absolute atomic E-state index is 0.0556. The van der Waals surface area contributed by atoms with E-state index in [2.05, 4.69) is 10.5 Å². The monoisotopic (exact) mass is 880 g/mol. The van der Waals surface area contributed by atoms with Crippen molar-refractivity contribution in [1.82, 2.24) is 14.8 Å². The maximum atomic E-state index is 14.5. The van der Waals surface area contributed by atoms with Gasteiger partial charge in [0.25, 0.3) is 11.8 Å². The molecular formula is C42H43F2N4O13P. The fourth-order valence-corrected chi connectivity index (χ4v) is 8.40. The van der Waals surface area contributed by atoms with Crippen LogP contribution in [-0.4, -0.2) is 78.6 Å². The molecule has 1 aromatic heterocycles. The summed E-state index contributed by atoms with van der Waals surface area (Å²) in [6.07, 6.45) is 1.03. The van der Waals surface area contributed by atoms with Crippen molar-refractivity contribution in [3.8, 4) is 5.75 Å². The van der Waals surface area contributed by atoms with Crippen LogP contribution >= 0.6 is 7.82 Å². The molecule has 2 bridgehead atoms. The van der Waals surface area contributed by atoms with Gasteiger partial charge >= 0.3 is 14.0 Å². The van der Waals surface area contributed by atoms with Crippen molar-refractivity contribution in [2.75, 3.05) is 33.7 Å². The Morgan fingerprint density at radius 2 is 1.65 bits per heavy atom. The first-order valence-electron chi connectivity index (χ1n) is 19.5. The average Bonchev–Trinajstić information content (AvgIpc) is 3.66. The molecular weight excluding hydrogens is 837 g/mol. The fourth-order valence-electron chi connectivity index (χ4n) is 7.27. The number of nitrogens with one attached hydrogen (secondary N) is 1. The third-order valence-electron chi connectivity index (χ3n) is 10.6. The molecule has 0 aliphatic carbocycles. The molecule has 20 heteroatoms. The lowest BCUT2D eigenvalue weighted by Crippen LogP contribution is -2.52. The van der Waals surface area contributed by atoms with Crippen molar-refractivity contribution >= 4 is 31.7 Å². The van der Waals surface area contributed by atoms with Crippen LogP contribution in [0.25, 0.3) is 0 Å². The summed E-state index contributed by atoms with van der Waals surface area (Å²) < 4.78 is 80.8. The second-order valence-corrected chi connectivity index (χ2v) is 16.2. The molecule has 1 fully saturated rings. The van der Waals surface area contributed by atoms with Crippen LogP contribution in [0.15, 0.2) is 95.0 Å². The van der Waals surface area contributed by atoms with Gasteiger partial charge in [0.05, 0.1) is 39.4 Å². The minimum Gasteiger partial charge on any atom is -0.482 e. The van der Waals surface area contributed by atoms with Crippen molar-refractivity contribution in [2.45, 2.75) is 63.6 Å². The number of ether oxygens (including phenoxy) is 4. The van der Waals surface area contributed by atoms with Gasteiger partial charge in [-0.05, 0) is 37.0 Å². The van der Waals surface area contributed by atoms with Gasteiger partial charge in [0, 0.05) is 37.0 Å². The van der Waals surface area contributed by atoms with Gasteiger partial charge in [-0.1, -0.05) is 71.9 Å². The zero-order valence-electron chi connectivity index (χ0n) is 33.7. The molecule has 4 heterocycles. The zero-order chi connectivity index (χ0) is 43.9. The molecule has 62 heavy (non-hydrogen) atoms. The molecule has 0 unspecified atom stereocenters. The maximum Gasteiger partial charge on any atom is 0.511 e. The van der Waals surface area contributed by atoms with Crippen LogP contribution in [0.3, 0.4) is 0 Å². The molecule has 3 atom stereocenters. The number of hydrogen-bond donors (Lipinski definition) is 1. The Bertz CT molecular complexity index is 2370. The predicted octanol–water partition coefficient (Wildman–Crippen LogP) is 6.40. The van der Waals surface area contributed by atoms with Crippen LogP contribution in [0.5, 0.6) is 5.75 Å². The van der Waals surface area contributed by atoms with Crippen molar-refractivity contribution < 1.29 is 65.1 Å². The number of carbonyl (C=O) groups excluding carboxylic acids is 3. The molecule has 0 radical (unpaired) electrons. The summed E-state index contributed by atoms with van der Waals surface area (Å²) in [5.74, 6) is -3.61. The van der Waals surface area contributed by atoms with Crippen LogP contribution in [0.1, 0.15) is 69.8 Å². The summed E-state index contributed by atoms with van der Waals surface area (Å²) in [7, 11) is -2.74. The number of carbonyl (C=O) groups is 3. The van der Waals surface area contributed by atoms with Gasteiger partial charge in [-0.25, -0.2) is 18.1 Å². The molecule has 7 rings (SSSR count). The number of halogens is 2. The summed E-state index contributed by atoms with van der Waals surface area (Å²) in [6.45, 7) is -0.527. The number of methoxy groups -OCH3 is 1. The standard InChI is InChI=1S/C42H43F2N4O13P/c1-27-15-16-42(20-35(54-2)46-61-42)34-23-47(27)40(51)36-38(37(49)32(22-48(34)36)39(50)45-21-30-13-14-31(43)19-33(30)44)56-26-57-41(52)55-17-18-58-62(53,59-24-28-9-5-3-6-10-28)60-25-29-11-7-4-8-12-29/h3-14,19,22,27,34H,15-18,20-21,23-26H2,1-2H3,(H,45,50)/t27-,34+,42-/m0/s1. The van der Waals surface area contributed by atoms with E-state index >= 15 is 0 Å². The molecule has 328 valence electrons. The smallest absolute Gasteiger partial charge is 0.482 e. The van der Waals surface area contributed by atoms with E-state index < -0.39 is 92.4 Å². The number of fused-ring (bicyclic) bond motifs is 5. The number of hydrogen-bond acceptors (Lipinski definition) is 14. The molecule has 4 aromatic rings. The Kier molecular flexibility index (Phi) is 13.7. The summed E-state index contributed by atoms with van der Waals surface area (Å²) >= 11 is 0. The third kappa shape index (κ3) is 9.97. The number of amides is 2. The van der Waals surface area contributed by atoms with Gasteiger partial charge in [-0.15, -0.1) is 0 Å². The van der Waals surface area contributed by atoms with Gasteiger partial charge < -0.3 is 38.6 Å². The Hall–Kier alpha value is -6.14. The number of pyridine rings is 1. The summed E-state index contributed by atoms with van der Waals surface area (Å²) in [5.41, 5.74) is -1.50. The molecule has 3 aliphatic heterocycles. The van der Waals surface area contributed by atoms with Gasteiger partial charge in [0.2, 0.25) is 23.9 Å². The Balaban J connectivity index is 1.06. The second-order valence-electron chi connectivity index (χ2n) is 14.6. The Labute approximate surface area is 354 Å². The Morgan fingerprint density at radius 1 is 0.952 bits per heavy atom. The van der Waals surface area contributed by atoms with Crippen LogP contribution < -0.4 is 15.5 Å². The molecule has 3 aliphatic rings. The van der Waals surface area contributed by atoms with Gasteiger partial charge in [-0.3, -0.25) is 28.0 Å². The van der Waals surface area contributed by atoms with E-state index in [0.717, 1.165) is 12.1 Å². The van der Waals surface area contributed by atoms with Crippen LogP contribution in [-0.2, 0) is 56.9 Å². The van der Waals surface area contributed by atoms with Crippen molar-refractivity contribution in [3.05, 3.63) is 135 Å². The number of nitrogens with zero attached hydrogens (tertiary/aromatic N) is 3. The summed E-state index contributed by atoms with van der Waals surface area (Å²) in [4.78, 5) is 62.2. The molecule has 1 spiro atoms. The maximum absolute atomic E-state index is 14.5. The molecule has 1 saturated heterocycles. The highest BCUT2D eigenvalue weighted by atomic mass is 31.2. The largest absolute Gasteiger partial charge is 0.511 e. The lowest BCUT2D eigenvalue weighted by molar-refractivity contribution is -0.0658. The van der Waals surface area contributed by atoms with Gasteiger partial charge in [-0.2, -0.15) is 0 Å². The second kappa shape index (κ2) is 19.3. The zero-order valence-corrected chi connectivity index (χ0v) is 34.6. The van der Waals surface area contributed by atoms with Crippen molar-refractivity contribution in [3.63, 3.8) is 0 Å². The van der Waals surface area contributed by atoms with E-state index in [9.17, 15) is 32.5 Å². The quantitative estimate of drug-likeness (QED) is 0.0563.